The van der Waals surface area contributed by atoms with Crippen LogP contribution in [0.15, 0.2) is 48.5 Å². The van der Waals surface area contributed by atoms with Crippen LogP contribution in [0.25, 0.3) is 0 Å². The number of amides is 3. The molecule has 2 aromatic rings. The zero-order chi connectivity index (χ0) is 29.1. The Morgan fingerprint density at radius 3 is 1.64 bits per heavy atom. The third-order valence-corrected chi connectivity index (χ3v) is 6.24. The second-order valence-electron chi connectivity index (χ2n) is 9.68. The molecule has 0 spiro atoms. The number of carboxylic acids is 1. The number of carboxylic acid groups (broad SMARTS) is 1. The van der Waals surface area contributed by atoms with Gasteiger partial charge in [0.15, 0.2) is 0 Å². The first-order valence-electron chi connectivity index (χ1n) is 12.5. The zero-order valence-corrected chi connectivity index (χ0v) is 22.7. The summed E-state index contributed by atoms with van der Waals surface area (Å²) in [4.78, 5) is 50.6. The van der Waals surface area contributed by atoms with E-state index in [1.807, 2.05) is 13.8 Å². The van der Waals surface area contributed by atoms with Gasteiger partial charge in [-0.25, -0.2) is 4.79 Å². The highest BCUT2D eigenvalue weighted by atomic mass is 32.1. The molecule has 0 aliphatic rings. The van der Waals surface area contributed by atoms with Crippen molar-refractivity contribution >= 4 is 36.3 Å². The van der Waals surface area contributed by atoms with Crippen LogP contribution in [0, 0.1) is 5.92 Å². The summed E-state index contributed by atoms with van der Waals surface area (Å²) in [5.74, 6) is -3.23. The summed E-state index contributed by atoms with van der Waals surface area (Å²) in [6.45, 7) is 3.65. The van der Waals surface area contributed by atoms with Crippen LogP contribution in [-0.2, 0) is 32.0 Å². The van der Waals surface area contributed by atoms with Crippen molar-refractivity contribution < 1.29 is 34.5 Å². The van der Waals surface area contributed by atoms with Gasteiger partial charge in [-0.05, 0) is 54.2 Å². The fourth-order valence-electron chi connectivity index (χ4n) is 3.77. The Labute approximate surface area is 232 Å². The summed E-state index contributed by atoms with van der Waals surface area (Å²) >= 11 is 4.16. The molecule has 0 aliphatic carbocycles. The summed E-state index contributed by atoms with van der Waals surface area (Å²) in [5.41, 5.74) is 7.32. The van der Waals surface area contributed by atoms with E-state index in [1.54, 1.807) is 24.3 Å². The Morgan fingerprint density at radius 2 is 1.18 bits per heavy atom. The van der Waals surface area contributed by atoms with Gasteiger partial charge in [-0.15, -0.1) is 0 Å². The molecular weight excluding hydrogens is 524 g/mol. The predicted octanol–water partition coefficient (Wildman–Crippen LogP) is 0.725. The summed E-state index contributed by atoms with van der Waals surface area (Å²) in [7, 11) is 0. The van der Waals surface area contributed by atoms with Crippen molar-refractivity contribution in [3.05, 3.63) is 59.7 Å². The van der Waals surface area contributed by atoms with Crippen LogP contribution < -0.4 is 21.7 Å². The molecule has 3 amide bonds. The fourth-order valence-corrected chi connectivity index (χ4v) is 4.02. The van der Waals surface area contributed by atoms with Crippen LogP contribution >= 0.6 is 12.6 Å². The van der Waals surface area contributed by atoms with Gasteiger partial charge in [0.2, 0.25) is 17.7 Å². The number of nitrogens with two attached hydrogens (primary N) is 1. The minimum absolute atomic E-state index is 0.000521. The van der Waals surface area contributed by atoms with Gasteiger partial charge in [0.25, 0.3) is 0 Å². The molecule has 0 saturated carbocycles. The number of carbonyl (C=O) groups excluding carboxylic acids is 3. The van der Waals surface area contributed by atoms with Crippen LogP contribution in [0.2, 0.25) is 0 Å². The van der Waals surface area contributed by atoms with E-state index in [2.05, 4.69) is 28.6 Å². The summed E-state index contributed by atoms with van der Waals surface area (Å²) in [5, 5.41) is 36.1. The van der Waals surface area contributed by atoms with Crippen LogP contribution in [0.5, 0.6) is 11.5 Å². The molecule has 0 heterocycles. The van der Waals surface area contributed by atoms with Crippen molar-refractivity contribution in [2.24, 2.45) is 11.7 Å². The molecule has 0 fully saturated rings. The minimum Gasteiger partial charge on any atom is -0.508 e. The van der Waals surface area contributed by atoms with E-state index in [4.69, 9.17) is 5.73 Å². The van der Waals surface area contributed by atoms with E-state index in [0.717, 1.165) is 0 Å². The maximum atomic E-state index is 13.1. The van der Waals surface area contributed by atoms with Crippen molar-refractivity contribution in [1.82, 2.24) is 16.0 Å². The van der Waals surface area contributed by atoms with Gasteiger partial charge in [0.05, 0.1) is 6.04 Å². The molecule has 0 aliphatic heterocycles. The molecule has 39 heavy (non-hydrogen) atoms. The van der Waals surface area contributed by atoms with Gasteiger partial charge >= 0.3 is 5.97 Å². The van der Waals surface area contributed by atoms with E-state index in [9.17, 15) is 34.5 Å². The Balaban J connectivity index is 2.14. The number of hydrogen-bond donors (Lipinski definition) is 8. The Hall–Kier alpha value is -3.77. The summed E-state index contributed by atoms with van der Waals surface area (Å²) < 4.78 is 0. The van der Waals surface area contributed by atoms with E-state index in [1.165, 1.54) is 24.3 Å². The molecule has 12 heteroatoms. The van der Waals surface area contributed by atoms with E-state index in [0.29, 0.717) is 11.1 Å². The van der Waals surface area contributed by atoms with E-state index >= 15 is 0 Å². The smallest absolute Gasteiger partial charge is 0.326 e. The number of hydrogen-bond acceptors (Lipinski definition) is 8. The first kappa shape index (κ1) is 31.4. The highest BCUT2D eigenvalue weighted by molar-refractivity contribution is 7.80. The molecule has 0 saturated heterocycles. The number of carbonyl (C=O) groups is 4. The molecule has 4 atom stereocenters. The third kappa shape index (κ3) is 10.5. The lowest BCUT2D eigenvalue weighted by molar-refractivity contribution is -0.142. The molecule has 4 unspecified atom stereocenters. The lowest BCUT2D eigenvalue weighted by Gasteiger charge is -2.25. The lowest BCUT2D eigenvalue weighted by atomic mass is 10.0. The van der Waals surface area contributed by atoms with Crippen molar-refractivity contribution in [2.45, 2.75) is 57.3 Å². The van der Waals surface area contributed by atoms with Crippen LogP contribution in [-0.4, -0.2) is 68.9 Å². The first-order valence-corrected chi connectivity index (χ1v) is 13.1. The third-order valence-electron chi connectivity index (χ3n) is 5.88. The average molecular weight is 561 g/mol. The first-order chi connectivity index (χ1) is 18.4. The Morgan fingerprint density at radius 1 is 0.744 bits per heavy atom. The number of rotatable bonds is 14. The van der Waals surface area contributed by atoms with Gasteiger partial charge in [0, 0.05) is 12.2 Å². The van der Waals surface area contributed by atoms with E-state index in [-0.39, 0.29) is 42.4 Å². The maximum Gasteiger partial charge on any atom is 0.326 e. The minimum atomic E-state index is -1.20. The van der Waals surface area contributed by atoms with Crippen LogP contribution in [0.3, 0.4) is 0 Å². The number of phenols is 2. The maximum absolute atomic E-state index is 13.1. The standard InChI is InChI=1S/C27H36N4O7S/c1-15(2)11-22(27(37)38)30-25(35)21(13-17-5-9-19(33)10-6-17)29-26(36)23(14-39)31-24(34)20(28)12-16-3-7-18(32)8-4-16/h3-10,15,20-23,32-33,39H,11-14,28H2,1-2H3,(H,29,36)(H,30,35)(H,31,34)(H,37,38). The number of phenolic OH excluding ortho intramolecular Hbond substituents is 2. The van der Waals surface area contributed by atoms with Crippen LogP contribution in [0.1, 0.15) is 31.4 Å². The van der Waals surface area contributed by atoms with Gasteiger partial charge in [-0.2, -0.15) is 12.6 Å². The highest BCUT2D eigenvalue weighted by Gasteiger charge is 2.30. The number of thiol groups is 1. The monoisotopic (exact) mass is 560 g/mol. The largest absolute Gasteiger partial charge is 0.508 e. The molecule has 2 aromatic carbocycles. The molecule has 0 radical (unpaired) electrons. The van der Waals surface area contributed by atoms with E-state index < -0.39 is 47.9 Å². The van der Waals surface area contributed by atoms with Crippen LogP contribution in [0.4, 0.5) is 0 Å². The average Bonchev–Trinajstić information content (AvgIpc) is 2.88. The van der Waals surface area contributed by atoms with Gasteiger partial charge in [-0.3, -0.25) is 14.4 Å². The molecule has 8 N–H and O–H groups in total. The number of benzene rings is 2. The molecule has 0 bridgehead atoms. The van der Waals surface area contributed by atoms with Gasteiger partial charge in [-0.1, -0.05) is 38.1 Å². The molecule has 212 valence electrons. The second kappa shape index (κ2) is 15.0. The second-order valence-corrected chi connectivity index (χ2v) is 10.0. The van der Waals surface area contributed by atoms with Gasteiger partial charge in [0.1, 0.15) is 29.6 Å². The number of aromatic hydroxyl groups is 2. The topological polar surface area (TPSA) is 191 Å². The van der Waals surface area contributed by atoms with Crippen molar-refractivity contribution in [3.8, 4) is 11.5 Å². The Bertz CT molecular complexity index is 1130. The zero-order valence-electron chi connectivity index (χ0n) is 21.8. The molecule has 2 rings (SSSR count). The van der Waals surface area contributed by atoms with Crippen molar-refractivity contribution in [2.75, 3.05) is 5.75 Å². The lowest BCUT2D eigenvalue weighted by Crippen LogP contribution is -2.58. The summed E-state index contributed by atoms with van der Waals surface area (Å²) in [6.07, 6.45) is 0.347. The summed E-state index contributed by atoms with van der Waals surface area (Å²) in [6, 6.07) is 7.74. The SMILES string of the molecule is CC(C)CC(NC(=O)C(Cc1ccc(O)cc1)NC(=O)C(CS)NC(=O)C(N)Cc1ccc(O)cc1)C(=O)O. The van der Waals surface area contributed by atoms with Crippen molar-refractivity contribution in [1.29, 1.82) is 0 Å². The molecule has 0 aromatic heterocycles. The number of nitrogens with one attached hydrogen (secondary N) is 3. The van der Waals surface area contributed by atoms with Gasteiger partial charge < -0.3 is 37.0 Å². The van der Waals surface area contributed by atoms with Crippen molar-refractivity contribution in [3.63, 3.8) is 0 Å². The predicted molar refractivity (Wildman–Crippen MR) is 148 cm³/mol. The highest BCUT2D eigenvalue weighted by Crippen LogP contribution is 2.13. The fraction of sp³-hybridized carbons (Fsp3) is 0.407. The molecular formula is C27H36N4O7S. The molecule has 11 nitrogen and oxygen atoms in total. The quantitative estimate of drug-likeness (QED) is 0.155. The number of aliphatic carboxylic acids is 1. The normalized spacial score (nSPS) is 14.1. The Kier molecular flexibility index (Phi) is 12.1.